The third-order valence-electron chi connectivity index (χ3n) is 18.1. The van der Waals surface area contributed by atoms with Crippen LogP contribution in [0.4, 0.5) is 0 Å². The van der Waals surface area contributed by atoms with Gasteiger partial charge in [0.2, 0.25) is 11.8 Å². The fourth-order valence-electron chi connectivity index (χ4n) is 14.5. The number of hydrogen-bond donors (Lipinski definition) is 1. The van der Waals surface area contributed by atoms with Crippen LogP contribution < -0.4 is 18.9 Å². The van der Waals surface area contributed by atoms with Gasteiger partial charge in [0.25, 0.3) is 0 Å². The molecule has 0 radical (unpaired) electrons. The van der Waals surface area contributed by atoms with Crippen molar-refractivity contribution in [2.75, 3.05) is 59.5 Å². The maximum absolute atomic E-state index is 14.4. The van der Waals surface area contributed by atoms with Gasteiger partial charge in [-0.3, -0.25) is 29.2 Å². The quantitative estimate of drug-likeness (QED) is 0.114. The minimum atomic E-state index is -0.906. The van der Waals surface area contributed by atoms with E-state index in [4.69, 9.17) is 4.74 Å². The van der Waals surface area contributed by atoms with Gasteiger partial charge in [-0.05, 0) is 96.8 Å². The van der Waals surface area contributed by atoms with Gasteiger partial charge in [0.05, 0.1) is 18.9 Å². The van der Waals surface area contributed by atoms with Gasteiger partial charge in [-0.2, -0.15) is 0 Å². The maximum atomic E-state index is 14.4. The zero-order chi connectivity index (χ0) is 54.2. The van der Waals surface area contributed by atoms with Crippen molar-refractivity contribution in [3.63, 3.8) is 0 Å². The van der Waals surface area contributed by atoms with Crippen molar-refractivity contribution in [2.24, 2.45) is 11.8 Å². The summed E-state index contributed by atoms with van der Waals surface area (Å²) in [4.78, 5) is 68.0. The topological polar surface area (TPSA) is 179 Å². The van der Waals surface area contributed by atoms with Gasteiger partial charge in [0, 0.05) is 76.5 Å². The second-order valence-electron chi connectivity index (χ2n) is 22.9. The monoisotopic (exact) mass is 1100 g/mol. The Bertz CT molecular complexity index is 2890. The van der Waals surface area contributed by atoms with E-state index in [1.54, 1.807) is 4.90 Å². The molecule has 4 N–H and O–H groups in total. The Balaban J connectivity index is 0.000000207. The summed E-state index contributed by atoms with van der Waals surface area (Å²) < 4.78 is 5.25. The van der Waals surface area contributed by atoms with Crippen LogP contribution in [0.2, 0.25) is 0 Å². The van der Waals surface area contributed by atoms with Crippen LogP contribution in [0.25, 0.3) is 0 Å². The van der Waals surface area contributed by atoms with Crippen LogP contribution in [0.5, 0.6) is 0 Å². The summed E-state index contributed by atoms with van der Waals surface area (Å²) in [6.45, 7) is 9.14. The molecule has 2 amide bonds. The Hall–Kier alpha value is -6.44. The average molecular weight is 1100 g/mol. The molecule has 0 bridgehead atoms. The summed E-state index contributed by atoms with van der Waals surface area (Å²) in [6, 6.07) is 60.4. The molecule has 6 fully saturated rings. The number of fused-ring (bicyclic) bond motifs is 2. The molecule has 14 nitrogen and oxygen atoms in total. The molecule has 6 aliphatic heterocycles. The number of amides is 2. The molecule has 0 aromatic heterocycles. The standard InChI is InChI=1S/C34H39N3O3.C33H37N3O3.Li.2H2O/c1-40-34(39)30-20-29(36-19-11-18-28-22-35(24-31(28)36)21-25-12-5-2-6-13-25)23-37(30)33(38)32(26-14-7-3-8-15-26)27-16-9-4-10-17-27;37-32(31(25-13-6-2-7-14-25)26-15-8-3-9-16-26)36-22-28(19-29(36)33(38)39)35-18-10-17-27-21-34(23-30(27)35)20-24-11-4-1-5-12-24;;;/h2-10,12-17,28-32H,11,18-24H2,1H3;1-9,11-16,27-31H,10,17-23H2,(H,38,39);;2*1H2/q;;+1;;/p-1/t28-,29-,30-,31+;27-,28-,29-,30+;;;/m00.../s1. The summed E-state index contributed by atoms with van der Waals surface area (Å²) in [6.07, 6.45) is 5.85. The predicted molar refractivity (Wildman–Crippen MR) is 312 cm³/mol. The van der Waals surface area contributed by atoms with Crippen LogP contribution in [-0.2, 0) is 37.0 Å². The van der Waals surface area contributed by atoms with Crippen molar-refractivity contribution < 1.29 is 58.8 Å². The Morgan fingerprint density at radius 3 is 1.16 bits per heavy atom. The Kier molecular flexibility index (Phi) is 21.6. The number of aliphatic carboxylic acids is 1. The van der Waals surface area contributed by atoms with Crippen molar-refractivity contribution in [1.29, 1.82) is 0 Å². The third kappa shape index (κ3) is 13.8. The summed E-state index contributed by atoms with van der Waals surface area (Å²) in [5.74, 6) is -1.13. The first-order valence-electron chi connectivity index (χ1n) is 28.9. The number of nitrogens with zero attached hydrogens (tertiary/aromatic N) is 6. The molecule has 6 heterocycles. The smallest absolute Gasteiger partial charge is 0.870 e. The molecule has 12 rings (SSSR count). The van der Waals surface area contributed by atoms with Crippen molar-refractivity contribution >= 4 is 23.8 Å². The van der Waals surface area contributed by atoms with E-state index >= 15 is 0 Å². The average Bonchev–Trinajstić information content (AvgIpc) is 4.49. The van der Waals surface area contributed by atoms with Crippen molar-refractivity contribution in [3.05, 3.63) is 215 Å². The number of methoxy groups -OCH3 is 1. The van der Waals surface area contributed by atoms with E-state index in [0.717, 1.165) is 87.5 Å². The van der Waals surface area contributed by atoms with E-state index < -0.39 is 29.9 Å². The number of carboxylic acids is 1. The minimum Gasteiger partial charge on any atom is -0.870 e. The number of rotatable bonds is 14. The van der Waals surface area contributed by atoms with E-state index in [1.807, 2.05) is 126 Å². The first-order valence-corrected chi connectivity index (χ1v) is 28.9. The second kappa shape index (κ2) is 28.7. The number of carbonyl (C=O) groups is 4. The summed E-state index contributed by atoms with van der Waals surface area (Å²) in [7, 11) is 1.43. The molecule has 6 aromatic rings. The fourth-order valence-corrected chi connectivity index (χ4v) is 14.5. The molecule has 0 aliphatic carbocycles. The molecule has 6 aliphatic rings. The number of piperidine rings is 2. The first kappa shape index (κ1) is 61.6. The molecular formula is C67H79LiN6O8. The number of ether oxygens (including phenoxy) is 1. The molecule has 0 unspecified atom stereocenters. The summed E-state index contributed by atoms with van der Waals surface area (Å²) in [5.41, 5.74) is 6.36. The van der Waals surface area contributed by atoms with Gasteiger partial charge in [-0.1, -0.05) is 182 Å². The van der Waals surface area contributed by atoms with Crippen molar-refractivity contribution in [3.8, 4) is 0 Å². The van der Waals surface area contributed by atoms with Crippen LogP contribution >= 0.6 is 0 Å². The Labute approximate surface area is 495 Å². The normalized spacial score (nSPS) is 24.5. The third-order valence-corrected chi connectivity index (χ3v) is 18.1. The van der Waals surface area contributed by atoms with Gasteiger partial charge in [-0.25, -0.2) is 9.59 Å². The molecule has 15 heteroatoms. The number of carboxylic acid groups (broad SMARTS) is 1. The zero-order valence-electron chi connectivity index (χ0n) is 47.5. The first-order chi connectivity index (χ1) is 38.7. The number of carbonyl (C=O) groups excluding carboxylic acids is 3. The van der Waals surface area contributed by atoms with Crippen LogP contribution in [0, 0.1) is 11.8 Å². The van der Waals surface area contributed by atoms with Gasteiger partial charge in [-0.15, -0.1) is 0 Å². The summed E-state index contributed by atoms with van der Waals surface area (Å²) in [5, 5.41) is 10.2. The van der Waals surface area contributed by atoms with E-state index in [1.165, 1.54) is 31.1 Å². The van der Waals surface area contributed by atoms with Crippen LogP contribution in [0.1, 0.15) is 83.7 Å². The maximum Gasteiger partial charge on any atom is 1.00 e. The summed E-state index contributed by atoms with van der Waals surface area (Å²) >= 11 is 0. The molecule has 0 saturated carbocycles. The van der Waals surface area contributed by atoms with Crippen LogP contribution in [0.3, 0.4) is 0 Å². The van der Waals surface area contributed by atoms with Gasteiger partial charge < -0.3 is 30.6 Å². The number of benzene rings is 6. The minimum absolute atomic E-state index is 0. The Morgan fingerprint density at radius 1 is 0.488 bits per heavy atom. The second-order valence-corrected chi connectivity index (χ2v) is 22.9. The van der Waals surface area contributed by atoms with Crippen molar-refractivity contribution in [2.45, 2.75) is 99.7 Å². The largest absolute Gasteiger partial charge is 1.00 e. The van der Waals surface area contributed by atoms with Gasteiger partial charge in [0.15, 0.2) is 0 Å². The van der Waals surface area contributed by atoms with E-state index in [-0.39, 0.29) is 59.7 Å². The zero-order valence-corrected chi connectivity index (χ0v) is 47.5. The van der Waals surface area contributed by atoms with Crippen molar-refractivity contribution in [1.82, 2.24) is 29.4 Å². The van der Waals surface area contributed by atoms with Crippen LogP contribution in [0.15, 0.2) is 182 Å². The molecular weight excluding hydrogens is 1020 g/mol. The van der Waals surface area contributed by atoms with E-state index in [2.05, 4.69) is 80.3 Å². The van der Waals surface area contributed by atoms with Gasteiger partial charge in [0.1, 0.15) is 12.1 Å². The molecule has 6 aromatic carbocycles. The van der Waals surface area contributed by atoms with Crippen LogP contribution in [-0.4, -0.2) is 165 Å². The predicted octanol–water partition coefficient (Wildman–Crippen LogP) is 5.03. The van der Waals surface area contributed by atoms with E-state index in [0.29, 0.717) is 49.9 Å². The van der Waals surface area contributed by atoms with E-state index in [9.17, 15) is 24.3 Å². The number of esters is 1. The van der Waals surface area contributed by atoms with Gasteiger partial charge >= 0.3 is 30.8 Å². The molecule has 8 atom stereocenters. The number of likely N-dealkylation sites (tertiary alicyclic amines) is 6. The molecule has 6 saturated heterocycles. The molecule has 426 valence electrons. The SMILES string of the molecule is COC(=O)[C@@H]1C[C@H](N2CCC[C@H]3CN(Cc4ccccc4)C[C@H]32)CN1C(=O)C(c1ccccc1)c1ccccc1.O.O=C(O)[C@@H]1C[C@H](N2CCC[C@H]3CN(Cc4ccccc4)C[C@H]32)CN1C(=O)C(c1ccccc1)c1ccccc1.[Li+].[OH-]. The molecule has 0 spiro atoms. The fraction of sp³-hybridized carbons (Fsp3) is 0.403. The Morgan fingerprint density at radius 2 is 0.817 bits per heavy atom. The number of hydrogen-bond acceptors (Lipinski definition) is 10. The molecule has 82 heavy (non-hydrogen) atoms.